The molecule has 0 saturated heterocycles. The van der Waals surface area contributed by atoms with E-state index in [4.69, 9.17) is 10.5 Å². The van der Waals surface area contributed by atoms with Gasteiger partial charge >= 0.3 is 0 Å². The van der Waals surface area contributed by atoms with Crippen molar-refractivity contribution in [1.82, 2.24) is 0 Å². The summed E-state index contributed by atoms with van der Waals surface area (Å²) in [7, 11) is 0. The van der Waals surface area contributed by atoms with E-state index in [9.17, 15) is 4.39 Å². The van der Waals surface area contributed by atoms with Gasteiger partial charge in [0.2, 0.25) is 0 Å². The van der Waals surface area contributed by atoms with E-state index in [-0.39, 0.29) is 18.0 Å². The number of hydrogen-bond acceptors (Lipinski definition) is 2. The number of hydrogen-bond donors (Lipinski definition) is 1. The minimum absolute atomic E-state index is 0.217. The first-order chi connectivity index (χ1) is 8.87. The van der Waals surface area contributed by atoms with Crippen LogP contribution in [0.1, 0.15) is 58.1 Å². The summed E-state index contributed by atoms with van der Waals surface area (Å²) < 4.78 is 19.3. The Morgan fingerprint density at radius 1 is 1.32 bits per heavy atom. The summed E-state index contributed by atoms with van der Waals surface area (Å²) >= 11 is 0. The monoisotopic (exact) mass is 265 g/mol. The summed E-state index contributed by atoms with van der Waals surface area (Å²) in [5.74, 6) is 0.477. The Balaban J connectivity index is 2.07. The molecule has 0 aliphatic heterocycles. The van der Waals surface area contributed by atoms with E-state index < -0.39 is 0 Å². The van der Waals surface area contributed by atoms with Gasteiger partial charge in [0.15, 0.2) is 0 Å². The smallest absolute Gasteiger partial charge is 0.124 e. The lowest BCUT2D eigenvalue weighted by Gasteiger charge is -2.34. The first-order valence-electron chi connectivity index (χ1n) is 7.09. The molecule has 0 spiro atoms. The maximum Gasteiger partial charge on any atom is 0.124 e. The molecule has 1 fully saturated rings. The average molecular weight is 265 g/mol. The molecule has 1 aromatic carbocycles. The van der Waals surface area contributed by atoms with Crippen LogP contribution in [0.15, 0.2) is 18.2 Å². The fourth-order valence-corrected chi connectivity index (χ4v) is 2.65. The highest BCUT2D eigenvalue weighted by Gasteiger charge is 2.28. The summed E-state index contributed by atoms with van der Waals surface area (Å²) in [5, 5.41) is 0. The molecule has 0 heterocycles. The van der Waals surface area contributed by atoms with Gasteiger partial charge in [-0.2, -0.15) is 0 Å². The molecule has 1 aliphatic carbocycles. The molecule has 1 aromatic rings. The quantitative estimate of drug-likeness (QED) is 0.889. The zero-order chi connectivity index (χ0) is 14.0. The molecule has 0 aromatic heterocycles. The Hall–Kier alpha value is -1.09. The predicted molar refractivity (Wildman–Crippen MR) is 75.7 cm³/mol. The van der Waals surface area contributed by atoms with Gasteiger partial charge in [0, 0.05) is 11.6 Å². The van der Waals surface area contributed by atoms with E-state index in [1.165, 1.54) is 25.0 Å². The third-order valence-electron chi connectivity index (χ3n) is 4.04. The summed E-state index contributed by atoms with van der Waals surface area (Å²) in [6.45, 7) is 6.45. The van der Waals surface area contributed by atoms with Crippen LogP contribution in [0.5, 0.6) is 5.75 Å². The van der Waals surface area contributed by atoms with Gasteiger partial charge in [-0.3, -0.25) is 0 Å². The fraction of sp³-hybridized carbons (Fsp3) is 0.625. The van der Waals surface area contributed by atoms with Gasteiger partial charge in [-0.15, -0.1) is 0 Å². The Morgan fingerprint density at radius 3 is 2.53 bits per heavy atom. The van der Waals surface area contributed by atoms with Crippen molar-refractivity contribution in [2.45, 2.75) is 58.6 Å². The van der Waals surface area contributed by atoms with Gasteiger partial charge in [0.25, 0.3) is 0 Å². The average Bonchev–Trinajstić information content (AvgIpc) is 2.33. The predicted octanol–water partition coefficient (Wildman–Crippen LogP) is 4.19. The van der Waals surface area contributed by atoms with Crippen molar-refractivity contribution in [2.24, 2.45) is 11.1 Å². The maximum atomic E-state index is 13.3. The Bertz CT molecular complexity index is 432. The van der Waals surface area contributed by atoms with Crippen molar-refractivity contribution in [3.8, 4) is 5.75 Å². The van der Waals surface area contributed by atoms with Crippen LogP contribution < -0.4 is 10.5 Å². The van der Waals surface area contributed by atoms with Gasteiger partial charge < -0.3 is 10.5 Å². The minimum atomic E-state index is -0.260. The summed E-state index contributed by atoms with van der Waals surface area (Å²) in [6, 6.07) is 4.40. The zero-order valence-corrected chi connectivity index (χ0v) is 12.1. The lowest BCUT2D eigenvalue weighted by molar-refractivity contribution is 0.0976. The van der Waals surface area contributed by atoms with E-state index in [2.05, 4.69) is 13.8 Å². The second-order valence-corrected chi connectivity index (χ2v) is 6.45. The van der Waals surface area contributed by atoms with Crippen LogP contribution in [0.3, 0.4) is 0 Å². The van der Waals surface area contributed by atoms with Crippen LogP contribution in [-0.4, -0.2) is 6.10 Å². The number of ether oxygens (including phenoxy) is 1. The van der Waals surface area contributed by atoms with E-state index in [0.29, 0.717) is 5.41 Å². The summed E-state index contributed by atoms with van der Waals surface area (Å²) in [4.78, 5) is 0. The van der Waals surface area contributed by atoms with E-state index in [1.54, 1.807) is 6.07 Å². The lowest BCUT2D eigenvalue weighted by atomic mass is 9.76. The molecule has 2 nitrogen and oxygen atoms in total. The van der Waals surface area contributed by atoms with Crippen molar-refractivity contribution in [2.75, 3.05) is 0 Å². The molecule has 0 radical (unpaired) electrons. The normalized spacial score (nSPS) is 21.1. The standard InChI is InChI=1S/C16H24FNO/c1-11(18)14-10-12(17)4-5-15(14)19-13-6-8-16(2,3)9-7-13/h4-5,10-11,13H,6-9,18H2,1-3H3. The van der Waals surface area contributed by atoms with E-state index in [1.807, 2.05) is 6.92 Å². The van der Waals surface area contributed by atoms with Gasteiger partial charge in [0.05, 0.1) is 6.10 Å². The third-order valence-corrected chi connectivity index (χ3v) is 4.04. The van der Waals surface area contributed by atoms with Crippen LogP contribution in [0.2, 0.25) is 0 Å². The lowest BCUT2D eigenvalue weighted by Crippen LogP contribution is -2.28. The highest BCUT2D eigenvalue weighted by atomic mass is 19.1. The molecule has 1 unspecified atom stereocenters. The molecule has 106 valence electrons. The van der Waals surface area contributed by atoms with Crippen molar-refractivity contribution in [3.05, 3.63) is 29.6 Å². The number of halogens is 1. The van der Waals surface area contributed by atoms with E-state index in [0.717, 1.165) is 24.2 Å². The Labute approximate surface area is 115 Å². The van der Waals surface area contributed by atoms with Gasteiger partial charge in [-0.25, -0.2) is 4.39 Å². The minimum Gasteiger partial charge on any atom is -0.490 e. The van der Waals surface area contributed by atoms with Gasteiger partial charge in [-0.05, 0) is 56.2 Å². The number of rotatable bonds is 3. The molecule has 1 saturated carbocycles. The molecule has 0 bridgehead atoms. The van der Waals surface area contributed by atoms with Crippen molar-refractivity contribution >= 4 is 0 Å². The highest BCUT2D eigenvalue weighted by Crippen LogP contribution is 2.37. The second-order valence-electron chi connectivity index (χ2n) is 6.45. The largest absolute Gasteiger partial charge is 0.490 e. The van der Waals surface area contributed by atoms with Gasteiger partial charge in [0.1, 0.15) is 11.6 Å². The molecule has 19 heavy (non-hydrogen) atoms. The van der Waals surface area contributed by atoms with Crippen molar-refractivity contribution < 1.29 is 9.13 Å². The first kappa shape index (κ1) is 14.3. The molecule has 2 N–H and O–H groups in total. The number of nitrogens with two attached hydrogens (primary N) is 1. The van der Waals surface area contributed by atoms with Crippen molar-refractivity contribution in [1.29, 1.82) is 0 Å². The molecular weight excluding hydrogens is 241 g/mol. The Morgan fingerprint density at radius 2 is 1.95 bits per heavy atom. The van der Waals surface area contributed by atoms with Crippen LogP contribution >= 0.6 is 0 Å². The van der Waals surface area contributed by atoms with Crippen molar-refractivity contribution in [3.63, 3.8) is 0 Å². The summed E-state index contributed by atoms with van der Waals surface area (Å²) in [6.07, 6.45) is 4.69. The topological polar surface area (TPSA) is 35.2 Å². The maximum absolute atomic E-state index is 13.3. The van der Waals surface area contributed by atoms with Crippen LogP contribution in [0.25, 0.3) is 0 Å². The molecule has 3 heteroatoms. The molecule has 2 rings (SSSR count). The number of benzene rings is 1. The Kier molecular flexibility index (Phi) is 4.14. The third kappa shape index (κ3) is 3.69. The summed E-state index contributed by atoms with van der Waals surface area (Å²) in [5.41, 5.74) is 7.06. The van der Waals surface area contributed by atoms with Crippen LogP contribution in [-0.2, 0) is 0 Å². The van der Waals surface area contributed by atoms with Crippen LogP contribution in [0, 0.1) is 11.2 Å². The fourth-order valence-electron chi connectivity index (χ4n) is 2.65. The molecule has 1 atom stereocenters. The van der Waals surface area contributed by atoms with Gasteiger partial charge in [-0.1, -0.05) is 13.8 Å². The molecule has 0 amide bonds. The SMILES string of the molecule is CC(N)c1cc(F)ccc1OC1CCC(C)(C)CC1. The molecule has 1 aliphatic rings. The molecular formula is C16H24FNO. The van der Waals surface area contributed by atoms with E-state index >= 15 is 0 Å². The second kappa shape index (κ2) is 5.49. The zero-order valence-electron chi connectivity index (χ0n) is 12.1. The highest BCUT2D eigenvalue weighted by molar-refractivity contribution is 5.36. The first-order valence-corrected chi connectivity index (χ1v) is 7.09. The van der Waals surface area contributed by atoms with Crippen LogP contribution in [0.4, 0.5) is 4.39 Å².